The SMILES string of the molecule is N[C@H](C(=O)N1CCCC1)[C@H]1CC[C@H](NC(=O)[C@@H]2CCC(=O)N2C(=O)OCc2ccccc2)CC1. The second kappa shape index (κ2) is 11.0. The number of amides is 4. The van der Waals surface area contributed by atoms with Crippen LogP contribution in [0.25, 0.3) is 0 Å². The minimum atomic E-state index is -0.854. The number of carbonyl (C=O) groups excluding carboxylic acids is 4. The average molecular weight is 471 g/mol. The van der Waals surface area contributed by atoms with Crippen molar-refractivity contribution in [1.82, 2.24) is 15.1 Å². The first-order valence-corrected chi connectivity index (χ1v) is 12.3. The topological polar surface area (TPSA) is 122 Å². The second-order valence-electron chi connectivity index (χ2n) is 9.54. The molecule has 0 unspecified atom stereocenters. The lowest BCUT2D eigenvalue weighted by Crippen LogP contribution is -2.52. The molecule has 1 aliphatic carbocycles. The number of hydrogen-bond donors (Lipinski definition) is 2. The van der Waals surface area contributed by atoms with Gasteiger partial charge in [0.2, 0.25) is 17.7 Å². The van der Waals surface area contributed by atoms with E-state index < -0.39 is 24.1 Å². The van der Waals surface area contributed by atoms with Gasteiger partial charge in [0.1, 0.15) is 12.6 Å². The number of benzene rings is 1. The molecule has 9 heteroatoms. The number of nitrogens with one attached hydrogen (secondary N) is 1. The highest BCUT2D eigenvalue weighted by molar-refractivity contribution is 6.00. The zero-order valence-electron chi connectivity index (χ0n) is 19.5. The maximum Gasteiger partial charge on any atom is 0.417 e. The number of ether oxygens (including phenoxy) is 1. The molecule has 0 spiro atoms. The zero-order valence-corrected chi connectivity index (χ0v) is 19.5. The van der Waals surface area contributed by atoms with Gasteiger partial charge < -0.3 is 20.7 Å². The number of rotatable bonds is 6. The van der Waals surface area contributed by atoms with Gasteiger partial charge in [0.05, 0.1) is 6.04 Å². The Labute approximate surface area is 200 Å². The third kappa shape index (κ3) is 5.58. The van der Waals surface area contributed by atoms with Crippen LogP contribution in [0.2, 0.25) is 0 Å². The molecule has 3 fully saturated rings. The molecular weight excluding hydrogens is 436 g/mol. The first-order valence-electron chi connectivity index (χ1n) is 12.3. The smallest absolute Gasteiger partial charge is 0.417 e. The fourth-order valence-corrected chi connectivity index (χ4v) is 5.22. The molecule has 0 aromatic heterocycles. The van der Waals surface area contributed by atoms with Crippen molar-refractivity contribution in [2.75, 3.05) is 13.1 Å². The molecule has 1 aromatic rings. The summed E-state index contributed by atoms with van der Waals surface area (Å²) in [6, 6.07) is 7.78. The van der Waals surface area contributed by atoms with E-state index in [-0.39, 0.29) is 43.2 Å². The predicted molar refractivity (Wildman–Crippen MR) is 124 cm³/mol. The van der Waals surface area contributed by atoms with Gasteiger partial charge in [-0.3, -0.25) is 14.4 Å². The number of imide groups is 1. The molecule has 3 aliphatic rings. The van der Waals surface area contributed by atoms with Crippen molar-refractivity contribution in [1.29, 1.82) is 0 Å². The van der Waals surface area contributed by atoms with E-state index >= 15 is 0 Å². The van der Waals surface area contributed by atoms with Gasteiger partial charge in [0, 0.05) is 25.6 Å². The standard InChI is InChI=1S/C25H34N4O5/c26-22(24(32)28-14-4-5-15-28)18-8-10-19(11-9-18)27-23(31)20-12-13-21(30)29(20)25(33)34-16-17-6-2-1-3-7-17/h1-3,6-7,18-20,22H,4-5,8-16,26H2,(H,27,31)/t18-,19-,20-,22-/m0/s1. The Morgan fingerprint density at radius 2 is 1.71 bits per heavy atom. The summed E-state index contributed by atoms with van der Waals surface area (Å²) in [7, 11) is 0. The van der Waals surface area contributed by atoms with Crippen LogP contribution in [-0.4, -0.2) is 64.8 Å². The number of hydrogen-bond acceptors (Lipinski definition) is 6. The van der Waals surface area contributed by atoms with Gasteiger partial charge >= 0.3 is 6.09 Å². The Kier molecular flexibility index (Phi) is 7.82. The fraction of sp³-hybridized carbons (Fsp3) is 0.600. The van der Waals surface area contributed by atoms with Crippen LogP contribution in [0, 0.1) is 5.92 Å². The van der Waals surface area contributed by atoms with E-state index in [4.69, 9.17) is 10.5 Å². The Balaban J connectivity index is 1.26. The third-order valence-electron chi connectivity index (χ3n) is 7.25. The van der Waals surface area contributed by atoms with Gasteiger partial charge in [-0.1, -0.05) is 30.3 Å². The van der Waals surface area contributed by atoms with E-state index in [1.165, 1.54) is 0 Å². The predicted octanol–water partition coefficient (Wildman–Crippen LogP) is 1.94. The van der Waals surface area contributed by atoms with Crippen LogP contribution in [0.3, 0.4) is 0 Å². The third-order valence-corrected chi connectivity index (χ3v) is 7.25. The van der Waals surface area contributed by atoms with Crippen LogP contribution >= 0.6 is 0 Å². The minimum Gasteiger partial charge on any atom is -0.444 e. The summed E-state index contributed by atoms with van der Waals surface area (Å²) in [5, 5.41) is 3.01. The number of likely N-dealkylation sites (tertiary alicyclic amines) is 2. The Morgan fingerprint density at radius 3 is 2.38 bits per heavy atom. The summed E-state index contributed by atoms with van der Waals surface area (Å²) in [6.07, 6.45) is 4.68. The monoisotopic (exact) mass is 470 g/mol. The summed E-state index contributed by atoms with van der Waals surface area (Å²) in [5.74, 6) is -0.574. The molecule has 0 radical (unpaired) electrons. The number of carbonyl (C=O) groups is 4. The summed E-state index contributed by atoms with van der Waals surface area (Å²) in [5.41, 5.74) is 7.09. The van der Waals surface area contributed by atoms with Gasteiger partial charge in [0.25, 0.3) is 0 Å². The summed E-state index contributed by atoms with van der Waals surface area (Å²) >= 11 is 0. The molecule has 0 bridgehead atoms. The van der Waals surface area contributed by atoms with Crippen molar-refractivity contribution < 1.29 is 23.9 Å². The van der Waals surface area contributed by atoms with Crippen molar-refractivity contribution in [3.63, 3.8) is 0 Å². The maximum atomic E-state index is 12.9. The van der Waals surface area contributed by atoms with E-state index in [0.717, 1.165) is 62.1 Å². The van der Waals surface area contributed by atoms with E-state index in [1.54, 1.807) is 0 Å². The zero-order chi connectivity index (χ0) is 24.1. The highest BCUT2D eigenvalue weighted by atomic mass is 16.6. The van der Waals surface area contributed by atoms with Gasteiger partial charge in [-0.05, 0) is 56.4 Å². The van der Waals surface area contributed by atoms with Crippen LogP contribution < -0.4 is 11.1 Å². The van der Waals surface area contributed by atoms with E-state index in [2.05, 4.69) is 5.32 Å². The van der Waals surface area contributed by atoms with Crippen LogP contribution in [0.4, 0.5) is 4.79 Å². The molecule has 2 heterocycles. The van der Waals surface area contributed by atoms with Crippen molar-refractivity contribution in [2.45, 2.75) is 76.1 Å². The molecule has 34 heavy (non-hydrogen) atoms. The molecule has 9 nitrogen and oxygen atoms in total. The largest absolute Gasteiger partial charge is 0.444 e. The van der Waals surface area contributed by atoms with Gasteiger partial charge in [-0.2, -0.15) is 0 Å². The van der Waals surface area contributed by atoms with Gasteiger partial charge in [0.15, 0.2) is 0 Å². The Hall–Kier alpha value is -2.94. The molecule has 3 N–H and O–H groups in total. The molecule has 1 saturated carbocycles. The van der Waals surface area contributed by atoms with E-state index in [0.29, 0.717) is 0 Å². The van der Waals surface area contributed by atoms with Crippen LogP contribution in [0.1, 0.15) is 56.9 Å². The molecule has 2 saturated heterocycles. The molecule has 2 atom stereocenters. The summed E-state index contributed by atoms with van der Waals surface area (Å²) in [4.78, 5) is 53.3. The quantitative estimate of drug-likeness (QED) is 0.655. The lowest BCUT2D eigenvalue weighted by Gasteiger charge is -2.34. The lowest BCUT2D eigenvalue weighted by atomic mass is 9.81. The Morgan fingerprint density at radius 1 is 1.03 bits per heavy atom. The second-order valence-corrected chi connectivity index (χ2v) is 9.54. The highest BCUT2D eigenvalue weighted by Crippen LogP contribution is 2.28. The summed E-state index contributed by atoms with van der Waals surface area (Å²) in [6.45, 7) is 1.63. The van der Waals surface area contributed by atoms with Crippen LogP contribution in [-0.2, 0) is 25.7 Å². The summed E-state index contributed by atoms with van der Waals surface area (Å²) < 4.78 is 5.29. The maximum absolute atomic E-state index is 12.9. The Bertz CT molecular complexity index is 894. The van der Waals surface area contributed by atoms with E-state index in [1.807, 2.05) is 35.2 Å². The van der Waals surface area contributed by atoms with Gasteiger partial charge in [-0.25, -0.2) is 9.69 Å². The lowest BCUT2D eigenvalue weighted by molar-refractivity contribution is -0.134. The minimum absolute atomic E-state index is 0.0399. The molecule has 1 aromatic carbocycles. The molecule has 4 amide bonds. The normalized spacial score (nSPS) is 25.8. The number of nitrogens with two attached hydrogens (primary N) is 1. The van der Waals surface area contributed by atoms with Gasteiger partial charge in [-0.15, -0.1) is 0 Å². The van der Waals surface area contributed by atoms with E-state index in [9.17, 15) is 19.2 Å². The van der Waals surface area contributed by atoms with Crippen LogP contribution in [0.5, 0.6) is 0 Å². The fourth-order valence-electron chi connectivity index (χ4n) is 5.22. The van der Waals surface area contributed by atoms with Crippen molar-refractivity contribution in [2.24, 2.45) is 11.7 Å². The molecular formula is C25H34N4O5. The highest BCUT2D eigenvalue weighted by Gasteiger charge is 2.42. The first kappa shape index (κ1) is 24.2. The molecule has 184 valence electrons. The first-order chi connectivity index (χ1) is 16.4. The average Bonchev–Trinajstić information content (AvgIpc) is 3.53. The van der Waals surface area contributed by atoms with Crippen molar-refractivity contribution >= 4 is 23.8 Å². The number of nitrogens with zero attached hydrogens (tertiary/aromatic N) is 2. The van der Waals surface area contributed by atoms with Crippen molar-refractivity contribution in [3.05, 3.63) is 35.9 Å². The van der Waals surface area contributed by atoms with Crippen LogP contribution in [0.15, 0.2) is 30.3 Å². The van der Waals surface area contributed by atoms with Crippen molar-refractivity contribution in [3.8, 4) is 0 Å². The molecule has 2 aliphatic heterocycles. The molecule has 4 rings (SSSR count).